The van der Waals surface area contributed by atoms with Gasteiger partial charge in [-0.15, -0.1) is 4.67 Å². The summed E-state index contributed by atoms with van der Waals surface area (Å²) >= 11 is 0. The summed E-state index contributed by atoms with van der Waals surface area (Å²) in [5.74, 6) is -1.54. The number of carbonyl (C=O) groups is 1. The van der Waals surface area contributed by atoms with Crippen molar-refractivity contribution < 1.29 is 23.4 Å². The predicted molar refractivity (Wildman–Crippen MR) is 36.3 cm³/mol. The van der Waals surface area contributed by atoms with Crippen LogP contribution in [0.2, 0.25) is 0 Å². The summed E-state index contributed by atoms with van der Waals surface area (Å²) in [6.45, 7) is 2.84. The van der Waals surface area contributed by atoms with Gasteiger partial charge in [0.25, 0.3) is 5.79 Å². The van der Waals surface area contributed by atoms with Crippen LogP contribution < -0.4 is 0 Å². The quantitative estimate of drug-likeness (QED) is 0.471. The fraction of sp³-hybridized carbons (Fsp3) is 0.800. The first-order valence-electron chi connectivity index (χ1n) is 2.99. The normalized spacial score (nSPS) is 37.5. The molecule has 6 heteroatoms. The minimum absolute atomic E-state index is 0.250. The molecule has 0 aromatic rings. The molecule has 0 saturated carbocycles. The van der Waals surface area contributed by atoms with Crippen LogP contribution in [0.5, 0.6) is 0 Å². The maximum Gasteiger partial charge on any atom is 0.365 e. The van der Waals surface area contributed by atoms with Gasteiger partial charge in [-0.05, 0) is 0 Å². The number of ketones is 1. The third-order valence-corrected chi connectivity index (χ3v) is 2.29. The summed E-state index contributed by atoms with van der Waals surface area (Å²) in [5, 5.41) is 0. The molecular weight excluding hydrogens is 171 g/mol. The van der Waals surface area contributed by atoms with Gasteiger partial charge in [-0.1, -0.05) is 0 Å². The predicted octanol–water partition coefficient (Wildman–Crippen LogP) is 1.14. The Kier molecular flexibility index (Phi) is 2.57. The number of rotatable bonds is 2. The molecule has 1 heterocycles. The summed E-state index contributed by atoms with van der Waals surface area (Å²) in [5.41, 5.74) is 0. The van der Waals surface area contributed by atoms with Crippen molar-refractivity contribution in [2.75, 3.05) is 7.11 Å². The fourth-order valence-electron chi connectivity index (χ4n) is 0.465. The first kappa shape index (κ1) is 9.03. The topological polar surface area (TPSA) is 54.0 Å². The zero-order valence-electron chi connectivity index (χ0n) is 6.49. The molecule has 0 spiro atoms. The van der Waals surface area contributed by atoms with Crippen LogP contribution in [0, 0.1) is 0 Å². The van der Waals surface area contributed by atoms with E-state index in [9.17, 15) is 4.79 Å². The van der Waals surface area contributed by atoms with Gasteiger partial charge in [0.1, 0.15) is 0 Å². The molecule has 1 saturated heterocycles. The van der Waals surface area contributed by atoms with Crippen LogP contribution in [0.1, 0.15) is 13.8 Å². The molecule has 0 aromatic heterocycles. The highest BCUT2D eigenvalue weighted by Crippen LogP contribution is 2.50. The zero-order chi connectivity index (χ0) is 8.48. The van der Waals surface area contributed by atoms with Gasteiger partial charge in [-0.3, -0.25) is 9.32 Å². The zero-order valence-corrected chi connectivity index (χ0v) is 7.38. The lowest BCUT2D eigenvalue weighted by Crippen LogP contribution is -2.33. The van der Waals surface area contributed by atoms with E-state index in [0.717, 1.165) is 0 Å². The van der Waals surface area contributed by atoms with Crippen molar-refractivity contribution in [1.82, 2.24) is 0 Å². The Balaban J connectivity index is 2.57. The van der Waals surface area contributed by atoms with E-state index >= 15 is 0 Å². The fourth-order valence-corrected chi connectivity index (χ4v) is 1.28. The Hall–Kier alpha value is -0.0600. The van der Waals surface area contributed by atoms with Crippen LogP contribution in [0.15, 0.2) is 0 Å². The summed E-state index contributed by atoms with van der Waals surface area (Å²) < 4.78 is 14.3. The summed E-state index contributed by atoms with van der Waals surface area (Å²) in [6, 6.07) is 0. The molecular formula is C5H9O5P. The first-order chi connectivity index (χ1) is 5.08. The highest BCUT2D eigenvalue weighted by molar-refractivity contribution is 7.41. The molecule has 2 atom stereocenters. The van der Waals surface area contributed by atoms with Gasteiger partial charge < -0.3 is 4.52 Å². The van der Waals surface area contributed by atoms with Crippen molar-refractivity contribution in [2.45, 2.75) is 19.6 Å². The Morgan fingerprint density at radius 2 is 2.27 bits per heavy atom. The van der Waals surface area contributed by atoms with Crippen LogP contribution in [0.4, 0.5) is 0 Å². The van der Waals surface area contributed by atoms with E-state index < -0.39 is 14.4 Å². The van der Waals surface area contributed by atoms with E-state index in [1.54, 1.807) is 0 Å². The monoisotopic (exact) mass is 180 g/mol. The molecule has 5 nitrogen and oxygen atoms in total. The molecule has 0 aromatic carbocycles. The van der Waals surface area contributed by atoms with Crippen molar-refractivity contribution in [3.05, 3.63) is 0 Å². The van der Waals surface area contributed by atoms with Crippen molar-refractivity contribution >= 4 is 14.4 Å². The molecule has 64 valence electrons. The highest BCUT2D eigenvalue weighted by Gasteiger charge is 2.45. The average molecular weight is 180 g/mol. The minimum atomic E-state index is -1.51. The lowest BCUT2D eigenvalue weighted by molar-refractivity contribution is -0.283. The summed E-state index contributed by atoms with van der Waals surface area (Å²) in [4.78, 5) is 15.5. The van der Waals surface area contributed by atoms with Gasteiger partial charge in [0, 0.05) is 21.0 Å². The summed E-state index contributed by atoms with van der Waals surface area (Å²) in [7, 11) is -0.0887. The van der Waals surface area contributed by atoms with E-state index in [4.69, 9.17) is 9.05 Å². The van der Waals surface area contributed by atoms with Crippen molar-refractivity contribution in [1.29, 1.82) is 0 Å². The SMILES string of the molecule is COP1OOC(C)(C(C)=O)O1. The van der Waals surface area contributed by atoms with E-state index in [2.05, 4.69) is 9.56 Å². The van der Waals surface area contributed by atoms with E-state index in [1.165, 1.54) is 21.0 Å². The number of carbonyl (C=O) groups excluding carboxylic acids is 1. The molecule has 0 aliphatic carbocycles. The second kappa shape index (κ2) is 3.13. The van der Waals surface area contributed by atoms with Gasteiger partial charge in [0.2, 0.25) is 0 Å². The maximum atomic E-state index is 10.9. The largest absolute Gasteiger partial charge is 0.365 e. The number of hydrogen-bond donors (Lipinski definition) is 0. The molecule has 2 unspecified atom stereocenters. The van der Waals surface area contributed by atoms with Crippen LogP contribution in [-0.4, -0.2) is 18.7 Å². The smallest absolute Gasteiger partial charge is 0.314 e. The standard InChI is InChI=1S/C5H9O5P/c1-4(6)5(2)8-10-11(7-3)9-5/h1-3H3. The van der Waals surface area contributed by atoms with Crippen LogP contribution in [-0.2, 0) is 23.4 Å². The van der Waals surface area contributed by atoms with Gasteiger partial charge in [-0.25, -0.2) is 0 Å². The minimum Gasteiger partial charge on any atom is -0.314 e. The second-order valence-electron chi connectivity index (χ2n) is 2.16. The molecule has 0 amide bonds. The molecule has 1 fully saturated rings. The van der Waals surface area contributed by atoms with Crippen LogP contribution in [0.25, 0.3) is 0 Å². The molecule has 0 N–H and O–H groups in total. The van der Waals surface area contributed by atoms with Crippen molar-refractivity contribution in [3.8, 4) is 0 Å². The van der Waals surface area contributed by atoms with Gasteiger partial charge >= 0.3 is 8.60 Å². The second-order valence-corrected chi connectivity index (χ2v) is 3.30. The Morgan fingerprint density at radius 3 is 2.55 bits per heavy atom. The van der Waals surface area contributed by atoms with Crippen LogP contribution >= 0.6 is 8.60 Å². The lowest BCUT2D eigenvalue weighted by atomic mass is 10.2. The van der Waals surface area contributed by atoms with Crippen molar-refractivity contribution in [2.24, 2.45) is 0 Å². The van der Waals surface area contributed by atoms with E-state index in [-0.39, 0.29) is 5.78 Å². The third-order valence-electron chi connectivity index (χ3n) is 1.29. The molecule has 1 aliphatic heterocycles. The average Bonchev–Trinajstić information content (AvgIpc) is 2.33. The molecule has 0 bridgehead atoms. The Labute approximate surface area is 65.5 Å². The van der Waals surface area contributed by atoms with E-state index in [0.29, 0.717) is 0 Å². The number of Topliss-reactive ketones (excluding diaryl/α,β-unsaturated/α-hetero) is 1. The Morgan fingerprint density at radius 1 is 1.64 bits per heavy atom. The van der Waals surface area contributed by atoms with E-state index in [1.807, 2.05) is 0 Å². The lowest BCUT2D eigenvalue weighted by Gasteiger charge is -2.13. The summed E-state index contributed by atoms with van der Waals surface area (Å²) in [6.07, 6.45) is 0. The van der Waals surface area contributed by atoms with Gasteiger partial charge in [-0.2, -0.15) is 4.89 Å². The first-order valence-corrected chi connectivity index (χ1v) is 4.08. The number of hydrogen-bond acceptors (Lipinski definition) is 5. The van der Waals surface area contributed by atoms with Gasteiger partial charge in [0.15, 0.2) is 5.78 Å². The molecule has 1 aliphatic rings. The Bertz CT molecular complexity index is 172. The van der Waals surface area contributed by atoms with Crippen LogP contribution in [0.3, 0.4) is 0 Å². The third kappa shape index (κ3) is 1.75. The van der Waals surface area contributed by atoms with Gasteiger partial charge in [0.05, 0.1) is 0 Å². The highest BCUT2D eigenvalue weighted by atomic mass is 31.2. The molecule has 11 heavy (non-hydrogen) atoms. The molecule has 1 rings (SSSR count). The maximum absolute atomic E-state index is 10.9. The van der Waals surface area contributed by atoms with Crippen molar-refractivity contribution in [3.63, 3.8) is 0 Å². The molecule has 0 radical (unpaired) electrons.